The zero-order chi connectivity index (χ0) is 31.7. The lowest BCUT2D eigenvalue weighted by atomic mass is 9.99. The van der Waals surface area contributed by atoms with Crippen molar-refractivity contribution in [3.05, 3.63) is 65.9 Å². The number of aromatic amines is 1. The molecule has 0 bridgehead atoms. The van der Waals surface area contributed by atoms with Crippen LogP contribution in [-0.2, 0) is 36.8 Å². The van der Waals surface area contributed by atoms with E-state index in [4.69, 9.17) is 10.8 Å². The molecule has 0 radical (unpaired) electrons. The SMILES string of the molecule is CC(C)CC(NC(=O)C(N)Cc1ccc(O)cc1)C(=O)NC(Cc1c[nH]c2ccccc12)C(=O)NC(CC(=O)O)C(=O)O. The molecule has 3 amide bonds. The Labute approximate surface area is 247 Å². The first-order valence-electron chi connectivity index (χ1n) is 13.8. The zero-order valence-electron chi connectivity index (χ0n) is 23.9. The molecular formula is C30H37N5O8. The summed E-state index contributed by atoms with van der Waals surface area (Å²) in [4.78, 5) is 65.7. The molecule has 4 unspecified atom stereocenters. The van der Waals surface area contributed by atoms with E-state index in [1.807, 2.05) is 32.0 Å². The van der Waals surface area contributed by atoms with Gasteiger partial charge in [0.1, 0.15) is 23.9 Å². The van der Waals surface area contributed by atoms with Crippen molar-refractivity contribution in [3.63, 3.8) is 0 Å². The molecule has 0 aliphatic carbocycles. The van der Waals surface area contributed by atoms with E-state index >= 15 is 0 Å². The second-order valence-corrected chi connectivity index (χ2v) is 10.8. The standard InChI is InChI=1S/C30H37N5O8/c1-16(2)11-23(33-27(39)21(31)12-17-7-9-19(36)10-8-17)28(40)34-24(29(41)35-25(30(42)43)14-26(37)38)13-18-15-32-22-6-4-3-5-20(18)22/h3-10,15-16,21,23-25,32,36H,11-14,31H2,1-2H3,(H,33,39)(H,34,40)(H,35,41)(H,37,38)(H,42,43). The number of benzene rings is 2. The number of amides is 3. The van der Waals surface area contributed by atoms with Gasteiger partial charge in [-0.25, -0.2) is 4.79 Å². The molecule has 230 valence electrons. The summed E-state index contributed by atoms with van der Waals surface area (Å²) in [5.41, 5.74) is 8.24. The van der Waals surface area contributed by atoms with Gasteiger partial charge in [-0.2, -0.15) is 0 Å². The lowest BCUT2D eigenvalue weighted by Crippen LogP contribution is -2.58. The Morgan fingerprint density at radius 1 is 0.814 bits per heavy atom. The first-order chi connectivity index (χ1) is 20.3. The van der Waals surface area contributed by atoms with Gasteiger partial charge in [0.15, 0.2) is 0 Å². The number of carboxylic acids is 2. The molecule has 0 saturated carbocycles. The topological polar surface area (TPSA) is 224 Å². The Kier molecular flexibility index (Phi) is 11.2. The molecular weight excluding hydrogens is 558 g/mol. The number of carbonyl (C=O) groups excluding carboxylic acids is 3. The minimum absolute atomic E-state index is 0.0442. The van der Waals surface area contributed by atoms with Crippen LogP contribution in [0.1, 0.15) is 37.8 Å². The number of hydrogen-bond donors (Lipinski definition) is 8. The highest BCUT2D eigenvalue weighted by molar-refractivity contribution is 5.95. The van der Waals surface area contributed by atoms with Gasteiger partial charge < -0.3 is 42.0 Å². The van der Waals surface area contributed by atoms with Gasteiger partial charge in [-0.1, -0.05) is 44.2 Å². The summed E-state index contributed by atoms with van der Waals surface area (Å²) in [5, 5.41) is 36.3. The monoisotopic (exact) mass is 595 g/mol. The second kappa shape index (κ2) is 14.8. The number of aromatic hydroxyl groups is 1. The smallest absolute Gasteiger partial charge is 0.326 e. The predicted molar refractivity (Wildman–Crippen MR) is 157 cm³/mol. The van der Waals surface area contributed by atoms with Gasteiger partial charge in [-0.15, -0.1) is 0 Å². The van der Waals surface area contributed by atoms with E-state index in [1.54, 1.807) is 24.4 Å². The van der Waals surface area contributed by atoms with Crippen LogP contribution in [0.2, 0.25) is 0 Å². The Bertz CT molecular complexity index is 1450. The number of phenolic OH excluding ortho intramolecular Hbond substituents is 1. The second-order valence-electron chi connectivity index (χ2n) is 10.8. The third-order valence-corrected chi connectivity index (χ3v) is 6.79. The summed E-state index contributed by atoms with van der Waals surface area (Å²) >= 11 is 0. The Hall–Kier alpha value is -4.91. The maximum Gasteiger partial charge on any atom is 0.326 e. The van der Waals surface area contributed by atoms with Crippen LogP contribution in [0.25, 0.3) is 10.9 Å². The minimum atomic E-state index is -1.73. The summed E-state index contributed by atoms with van der Waals surface area (Å²) in [6, 6.07) is 8.35. The van der Waals surface area contributed by atoms with Crippen LogP contribution in [0.15, 0.2) is 54.7 Å². The number of rotatable bonds is 15. The maximum absolute atomic E-state index is 13.5. The number of fused-ring (bicyclic) bond motifs is 1. The van der Waals surface area contributed by atoms with Gasteiger partial charge in [0.2, 0.25) is 17.7 Å². The third-order valence-electron chi connectivity index (χ3n) is 6.79. The number of aliphatic carboxylic acids is 2. The number of nitrogens with one attached hydrogen (secondary N) is 4. The number of carbonyl (C=O) groups is 5. The summed E-state index contributed by atoms with van der Waals surface area (Å²) in [7, 11) is 0. The molecule has 3 rings (SSSR count). The Balaban J connectivity index is 1.82. The molecule has 9 N–H and O–H groups in total. The molecule has 13 heteroatoms. The summed E-state index contributed by atoms with van der Waals surface area (Å²) in [6.07, 6.45) is 1.11. The largest absolute Gasteiger partial charge is 0.508 e. The van der Waals surface area contributed by atoms with Gasteiger partial charge in [-0.05, 0) is 48.1 Å². The highest BCUT2D eigenvalue weighted by atomic mass is 16.4. The molecule has 0 saturated heterocycles. The molecule has 4 atom stereocenters. The average molecular weight is 596 g/mol. The van der Waals surface area contributed by atoms with E-state index in [0.29, 0.717) is 11.1 Å². The number of carboxylic acid groups (broad SMARTS) is 2. The van der Waals surface area contributed by atoms with Gasteiger partial charge in [-0.3, -0.25) is 19.2 Å². The Morgan fingerprint density at radius 2 is 1.42 bits per heavy atom. The van der Waals surface area contributed by atoms with Crippen molar-refractivity contribution in [2.45, 2.75) is 63.7 Å². The number of nitrogens with two attached hydrogens (primary N) is 1. The fraction of sp³-hybridized carbons (Fsp3) is 0.367. The summed E-state index contributed by atoms with van der Waals surface area (Å²) in [5.74, 6) is -5.13. The van der Waals surface area contributed by atoms with E-state index < -0.39 is 60.2 Å². The molecule has 43 heavy (non-hydrogen) atoms. The summed E-state index contributed by atoms with van der Waals surface area (Å²) in [6.45, 7) is 3.70. The van der Waals surface area contributed by atoms with E-state index in [2.05, 4.69) is 20.9 Å². The molecule has 0 spiro atoms. The lowest BCUT2D eigenvalue weighted by Gasteiger charge is -2.26. The highest BCUT2D eigenvalue weighted by Crippen LogP contribution is 2.20. The molecule has 0 aliphatic rings. The highest BCUT2D eigenvalue weighted by Gasteiger charge is 2.32. The molecule has 0 fully saturated rings. The van der Waals surface area contributed by atoms with Crippen molar-refractivity contribution in [1.29, 1.82) is 0 Å². The molecule has 13 nitrogen and oxygen atoms in total. The van der Waals surface area contributed by atoms with Crippen molar-refractivity contribution in [3.8, 4) is 5.75 Å². The predicted octanol–water partition coefficient (Wildman–Crippen LogP) is 1.05. The van der Waals surface area contributed by atoms with Crippen molar-refractivity contribution in [2.24, 2.45) is 11.7 Å². The molecule has 1 heterocycles. The number of hydrogen-bond acceptors (Lipinski definition) is 7. The van der Waals surface area contributed by atoms with Gasteiger partial charge in [0, 0.05) is 23.5 Å². The fourth-order valence-corrected chi connectivity index (χ4v) is 4.61. The van der Waals surface area contributed by atoms with Crippen molar-refractivity contribution < 1.29 is 39.3 Å². The minimum Gasteiger partial charge on any atom is -0.508 e. The van der Waals surface area contributed by atoms with Gasteiger partial charge in [0.25, 0.3) is 0 Å². The van der Waals surface area contributed by atoms with E-state index in [9.17, 15) is 34.2 Å². The van der Waals surface area contributed by atoms with Crippen LogP contribution < -0.4 is 21.7 Å². The van der Waals surface area contributed by atoms with Crippen LogP contribution >= 0.6 is 0 Å². The first kappa shape index (κ1) is 32.6. The lowest BCUT2D eigenvalue weighted by molar-refractivity contribution is -0.147. The number of H-pyrrole nitrogens is 1. The van der Waals surface area contributed by atoms with Crippen molar-refractivity contribution in [1.82, 2.24) is 20.9 Å². The molecule has 1 aromatic heterocycles. The normalized spacial score (nSPS) is 14.0. The molecule has 3 aromatic rings. The fourth-order valence-electron chi connectivity index (χ4n) is 4.61. The number of aromatic nitrogens is 1. The van der Waals surface area contributed by atoms with Gasteiger partial charge >= 0.3 is 11.9 Å². The number of phenols is 1. The van der Waals surface area contributed by atoms with Crippen LogP contribution in [0, 0.1) is 5.92 Å². The van der Waals surface area contributed by atoms with Gasteiger partial charge in [0.05, 0.1) is 12.5 Å². The van der Waals surface area contributed by atoms with Crippen LogP contribution in [-0.4, -0.2) is 74.1 Å². The maximum atomic E-state index is 13.5. The summed E-state index contributed by atoms with van der Waals surface area (Å²) < 4.78 is 0. The van der Waals surface area contributed by atoms with Crippen LogP contribution in [0.3, 0.4) is 0 Å². The quantitative estimate of drug-likeness (QED) is 0.125. The van der Waals surface area contributed by atoms with Crippen molar-refractivity contribution in [2.75, 3.05) is 0 Å². The molecule has 2 aromatic carbocycles. The van der Waals surface area contributed by atoms with E-state index in [1.165, 1.54) is 12.1 Å². The van der Waals surface area contributed by atoms with Crippen LogP contribution in [0.5, 0.6) is 5.75 Å². The first-order valence-corrected chi connectivity index (χ1v) is 13.8. The molecule has 0 aliphatic heterocycles. The van der Waals surface area contributed by atoms with E-state index in [-0.39, 0.29) is 30.9 Å². The van der Waals surface area contributed by atoms with Crippen molar-refractivity contribution >= 4 is 40.6 Å². The Morgan fingerprint density at radius 3 is 2.05 bits per heavy atom. The average Bonchev–Trinajstić information content (AvgIpc) is 3.35. The zero-order valence-corrected chi connectivity index (χ0v) is 23.9. The van der Waals surface area contributed by atoms with Crippen LogP contribution in [0.4, 0.5) is 0 Å². The number of para-hydroxylation sites is 1. The van der Waals surface area contributed by atoms with E-state index in [0.717, 1.165) is 10.9 Å². The third kappa shape index (κ3) is 9.57.